The van der Waals surface area contributed by atoms with Crippen LogP contribution in [-0.2, 0) is 19.5 Å². The molecule has 0 saturated heterocycles. The first-order valence-electron chi connectivity index (χ1n) is 5.88. The molecule has 0 unspecified atom stereocenters. The third-order valence-electron chi connectivity index (χ3n) is 2.65. The maximum absolute atomic E-state index is 4.98. The van der Waals surface area contributed by atoms with E-state index in [2.05, 4.69) is 22.1 Å². The molecule has 2 aromatic carbocycles. The number of thiazole rings is 2. The van der Waals surface area contributed by atoms with Crippen LogP contribution in [0, 0.1) is 7.91 Å². The predicted molar refractivity (Wildman–Crippen MR) is 94.0 cm³/mol. The fraction of sp³-hybridized carbons (Fsp3) is 0. The molecule has 4 aromatic rings. The van der Waals surface area contributed by atoms with Crippen molar-refractivity contribution in [1.29, 1.82) is 0 Å². The Morgan fingerprint density at radius 1 is 0.667 bits per heavy atom. The zero-order valence-electron chi connectivity index (χ0n) is 11.0. The Hall–Kier alpha value is -0.717. The van der Waals surface area contributed by atoms with Gasteiger partial charge in [0.1, 0.15) is 0 Å². The zero-order valence-corrected chi connectivity index (χ0v) is 17.2. The summed E-state index contributed by atoms with van der Waals surface area (Å²) in [6, 6.07) is 16.2. The van der Waals surface area contributed by atoms with Crippen molar-refractivity contribution in [3.8, 4) is 0 Å². The Kier molecular flexibility index (Phi) is 5.96. The SMILES string of the molecule is S=c1[nH]c2ccccc2s1.S=c1[nH]c2ccccc2s1.[Zn]. The van der Waals surface area contributed by atoms with Crippen LogP contribution in [0.4, 0.5) is 0 Å². The van der Waals surface area contributed by atoms with Gasteiger partial charge in [-0.3, -0.25) is 0 Å². The summed E-state index contributed by atoms with van der Waals surface area (Å²) in [4.78, 5) is 6.18. The van der Waals surface area contributed by atoms with Gasteiger partial charge in [-0.25, -0.2) is 0 Å². The molecule has 0 atom stereocenters. The van der Waals surface area contributed by atoms with Gasteiger partial charge in [-0.2, -0.15) is 0 Å². The molecule has 21 heavy (non-hydrogen) atoms. The van der Waals surface area contributed by atoms with Crippen molar-refractivity contribution in [2.45, 2.75) is 0 Å². The minimum Gasteiger partial charge on any atom is -0.337 e. The molecule has 2 heterocycles. The second kappa shape index (κ2) is 7.52. The Balaban J connectivity index is 0.000000147. The second-order valence-electron chi connectivity index (χ2n) is 4.02. The van der Waals surface area contributed by atoms with Gasteiger partial charge in [0.25, 0.3) is 0 Å². The van der Waals surface area contributed by atoms with Crippen molar-refractivity contribution in [1.82, 2.24) is 9.97 Å². The second-order valence-corrected chi connectivity index (χ2v) is 7.46. The van der Waals surface area contributed by atoms with Gasteiger partial charge in [0.15, 0.2) is 7.91 Å². The Labute approximate surface area is 152 Å². The van der Waals surface area contributed by atoms with E-state index in [9.17, 15) is 0 Å². The average molecular weight is 400 g/mol. The topological polar surface area (TPSA) is 31.6 Å². The summed E-state index contributed by atoms with van der Waals surface area (Å²) in [5.74, 6) is 0. The quantitative estimate of drug-likeness (QED) is 0.284. The van der Waals surface area contributed by atoms with Crippen LogP contribution in [0.3, 0.4) is 0 Å². The number of nitrogens with one attached hydrogen (secondary N) is 2. The molecule has 0 aliphatic carbocycles. The van der Waals surface area contributed by atoms with Gasteiger partial charge >= 0.3 is 0 Å². The van der Waals surface area contributed by atoms with Crippen LogP contribution in [0.5, 0.6) is 0 Å². The number of benzene rings is 2. The number of H-pyrrole nitrogens is 2. The Morgan fingerprint density at radius 3 is 1.43 bits per heavy atom. The van der Waals surface area contributed by atoms with Crippen LogP contribution in [0.1, 0.15) is 0 Å². The van der Waals surface area contributed by atoms with Crippen LogP contribution in [0.2, 0.25) is 0 Å². The molecule has 2 N–H and O–H groups in total. The summed E-state index contributed by atoms with van der Waals surface area (Å²) in [6.45, 7) is 0. The number of para-hydroxylation sites is 2. The summed E-state index contributed by atoms with van der Waals surface area (Å²) in [5, 5.41) is 0. The first-order valence-corrected chi connectivity index (χ1v) is 8.33. The number of rotatable bonds is 0. The largest absolute Gasteiger partial charge is 0.337 e. The third-order valence-corrected chi connectivity index (χ3v) is 5.08. The maximum Gasteiger partial charge on any atom is 0.159 e. The molecule has 0 aliphatic rings. The summed E-state index contributed by atoms with van der Waals surface area (Å²) < 4.78 is 4.16. The average Bonchev–Trinajstić information content (AvgIpc) is 2.99. The van der Waals surface area contributed by atoms with Crippen molar-refractivity contribution >= 4 is 67.5 Å². The van der Waals surface area contributed by atoms with Crippen LogP contribution in [0.25, 0.3) is 20.4 Å². The number of aromatic nitrogens is 2. The zero-order chi connectivity index (χ0) is 13.9. The van der Waals surface area contributed by atoms with E-state index in [1.54, 1.807) is 22.7 Å². The van der Waals surface area contributed by atoms with Crippen LogP contribution < -0.4 is 0 Å². The summed E-state index contributed by atoms with van der Waals surface area (Å²) in [5.41, 5.74) is 2.27. The van der Waals surface area contributed by atoms with E-state index >= 15 is 0 Å². The molecule has 7 heteroatoms. The number of aromatic amines is 2. The van der Waals surface area contributed by atoms with Crippen molar-refractivity contribution in [2.75, 3.05) is 0 Å². The minimum absolute atomic E-state index is 0. The summed E-state index contributed by atoms with van der Waals surface area (Å²) in [6.07, 6.45) is 0. The third kappa shape index (κ3) is 4.14. The fourth-order valence-electron chi connectivity index (χ4n) is 1.79. The molecular weight excluding hydrogens is 390 g/mol. The normalized spacial score (nSPS) is 9.90. The smallest absolute Gasteiger partial charge is 0.159 e. The molecule has 0 radical (unpaired) electrons. The number of hydrogen-bond acceptors (Lipinski definition) is 4. The van der Waals surface area contributed by atoms with Gasteiger partial charge in [0.2, 0.25) is 0 Å². The first-order chi connectivity index (χ1) is 9.72. The van der Waals surface area contributed by atoms with Crippen molar-refractivity contribution in [2.24, 2.45) is 0 Å². The molecule has 0 spiro atoms. The Morgan fingerprint density at radius 2 is 1.05 bits per heavy atom. The van der Waals surface area contributed by atoms with Crippen molar-refractivity contribution in [3.05, 3.63) is 56.4 Å². The molecule has 0 saturated carbocycles. The van der Waals surface area contributed by atoms with Gasteiger partial charge in [0.05, 0.1) is 20.4 Å². The number of hydrogen-bond donors (Lipinski definition) is 2. The fourth-order valence-corrected chi connectivity index (χ4v) is 4.02. The molecular formula is C14H10N2S4Zn. The van der Waals surface area contributed by atoms with Gasteiger partial charge in [-0.15, -0.1) is 22.7 Å². The van der Waals surface area contributed by atoms with Gasteiger partial charge in [-0.1, -0.05) is 24.3 Å². The molecule has 2 aromatic heterocycles. The molecule has 4 rings (SSSR count). The van der Waals surface area contributed by atoms with Crippen LogP contribution in [-0.4, -0.2) is 9.97 Å². The summed E-state index contributed by atoms with van der Waals surface area (Å²) in [7, 11) is 0. The molecule has 0 bridgehead atoms. The van der Waals surface area contributed by atoms with E-state index in [0.717, 1.165) is 18.9 Å². The first kappa shape index (κ1) is 16.7. The van der Waals surface area contributed by atoms with E-state index in [-0.39, 0.29) is 19.5 Å². The van der Waals surface area contributed by atoms with Gasteiger partial charge in [-0.05, 0) is 48.7 Å². The van der Waals surface area contributed by atoms with E-state index in [1.165, 1.54) is 9.40 Å². The van der Waals surface area contributed by atoms with Gasteiger partial charge < -0.3 is 9.97 Å². The van der Waals surface area contributed by atoms with Crippen molar-refractivity contribution < 1.29 is 19.5 Å². The van der Waals surface area contributed by atoms with Crippen LogP contribution in [0.15, 0.2) is 48.5 Å². The molecule has 0 fully saturated rings. The van der Waals surface area contributed by atoms with E-state index in [4.69, 9.17) is 24.4 Å². The number of fused-ring (bicyclic) bond motifs is 2. The van der Waals surface area contributed by atoms with Gasteiger partial charge in [0, 0.05) is 19.5 Å². The van der Waals surface area contributed by atoms with Crippen molar-refractivity contribution in [3.63, 3.8) is 0 Å². The molecule has 102 valence electrons. The standard InChI is InChI=1S/2C7H5NS2.Zn/c2*9-7-8-5-3-1-2-4-6(5)10-7;/h2*1-4H,(H,8,9);. The molecule has 2 nitrogen and oxygen atoms in total. The van der Waals surface area contributed by atoms with E-state index < -0.39 is 0 Å². The monoisotopic (exact) mass is 398 g/mol. The van der Waals surface area contributed by atoms with E-state index in [1.807, 2.05) is 36.4 Å². The predicted octanol–water partition coefficient (Wildman–Crippen LogP) is 5.92. The Bertz CT molecular complexity index is 812. The van der Waals surface area contributed by atoms with E-state index in [0.29, 0.717) is 0 Å². The molecule has 0 aliphatic heterocycles. The minimum atomic E-state index is 0. The summed E-state index contributed by atoms with van der Waals surface area (Å²) >= 11 is 13.2. The maximum atomic E-state index is 4.98. The van der Waals surface area contributed by atoms with Crippen LogP contribution >= 0.6 is 47.1 Å². The molecule has 0 amide bonds.